The fourth-order valence-electron chi connectivity index (χ4n) is 2.29. The maximum atomic E-state index is 14.0. The number of hydrogen-bond donors (Lipinski definition) is 2. The third-order valence-electron chi connectivity index (χ3n) is 3.47. The molecular weight excluding hydrogens is 337 g/mol. The van der Waals surface area contributed by atoms with Gasteiger partial charge in [0, 0.05) is 22.5 Å². The molecule has 0 aromatic heterocycles. The average molecular weight is 354 g/mol. The molecule has 2 aromatic rings. The van der Waals surface area contributed by atoms with Gasteiger partial charge in [0.15, 0.2) is 0 Å². The van der Waals surface area contributed by atoms with Crippen LogP contribution in [0.15, 0.2) is 46.9 Å². The summed E-state index contributed by atoms with van der Waals surface area (Å²) in [6.45, 7) is 0.203. The molecule has 0 bridgehead atoms. The second kappa shape index (κ2) is 7.02. The van der Waals surface area contributed by atoms with Crippen LogP contribution in [0.5, 0.6) is 5.75 Å². The molecule has 0 amide bonds. The van der Waals surface area contributed by atoms with E-state index >= 15 is 0 Å². The molecule has 21 heavy (non-hydrogen) atoms. The van der Waals surface area contributed by atoms with Gasteiger partial charge in [-0.2, -0.15) is 0 Å². The summed E-state index contributed by atoms with van der Waals surface area (Å²) in [6, 6.07) is 11.8. The van der Waals surface area contributed by atoms with Crippen molar-refractivity contribution in [2.45, 2.75) is 12.0 Å². The highest BCUT2D eigenvalue weighted by Crippen LogP contribution is 2.36. The first-order valence-electron chi connectivity index (χ1n) is 6.54. The lowest BCUT2D eigenvalue weighted by Gasteiger charge is -2.23. The third-order valence-corrected chi connectivity index (χ3v) is 4.17. The SMILES string of the molecule is COc1ccc(C(CN)C(O)c2c(F)cccc2Br)cc1. The minimum absolute atomic E-state index is 0.203. The first kappa shape index (κ1) is 15.9. The van der Waals surface area contributed by atoms with Crippen molar-refractivity contribution in [2.24, 2.45) is 5.73 Å². The molecule has 0 aliphatic heterocycles. The second-order valence-corrected chi connectivity index (χ2v) is 5.55. The van der Waals surface area contributed by atoms with E-state index in [0.29, 0.717) is 4.47 Å². The number of hydrogen-bond acceptors (Lipinski definition) is 3. The molecule has 0 saturated carbocycles. The first-order valence-corrected chi connectivity index (χ1v) is 7.33. The van der Waals surface area contributed by atoms with Crippen LogP contribution in [0.3, 0.4) is 0 Å². The number of rotatable bonds is 5. The molecule has 2 unspecified atom stereocenters. The predicted molar refractivity (Wildman–Crippen MR) is 83.8 cm³/mol. The number of nitrogens with two attached hydrogens (primary N) is 1. The van der Waals surface area contributed by atoms with Gasteiger partial charge in [0.2, 0.25) is 0 Å². The Labute approximate surface area is 131 Å². The van der Waals surface area contributed by atoms with Crippen molar-refractivity contribution in [1.82, 2.24) is 0 Å². The largest absolute Gasteiger partial charge is 0.497 e. The molecule has 0 aliphatic carbocycles. The van der Waals surface area contributed by atoms with Crippen LogP contribution in [0.4, 0.5) is 4.39 Å². The van der Waals surface area contributed by atoms with E-state index in [0.717, 1.165) is 11.3 Å². The molecule has 2 aromatic carbocycles. The number of aliphatic hydroxyl groups excluding tert-OH is 1. The van der Waals surface area contributed by atoms with Gasteiger partial charge < -0.3 is 15.6 Å². The summed E-state index contributed by atoms with van der Waals surface area (Å²) in [5, 5.41) is 10.5. The van der Waals surface area contributed by atoms with Crippen molar-refractivity contribution in [3.8, 4) is 5.75 Å². The Morgan fingerprint density at radius 1 is 1.24 bits per heavy atom. The van der Waals surface area contributed by atoms with E-state index in [1.807, 2.05) is 12.1 Å². The highest BCUT2D eigenvalue weighted by molar-refractivity contribution is 9.10. The van der Waals surface area contributed by atoms with Gasteiger partial charge in [-0.15, -0.1) is 0 Å². The Balaban J connectivity index is 2.35. The molecule has 3 nitrogen and oxygen atoms in total. The van der Waals surface area contributed by atoms with Gasteiger partial charge in [0.1, 0.15) is 11.6 Å². The van der Waals surface area contributed by atoms with Gasteiger partial charge in [-0.25, -0.2) is 4.39 Å². The molecule has 2 rings (SSSR count). The maximum Gasteiger partial charge on any atom is 0.130 e. The fourth-order valence-corrected chi connectivity index (χ4v) is 2.87. The molecule has 112 valence electrons. The average Bonchev–Trinajstić information content (AvgIpc) is 2.48. The molecule has 0 fully saturated rings. The van der Waals surface area contributed by atoms with Crippen molar-refractivity contribution in [2.75, 3.05) is 13.7 Å². The molecule has 0 heterocycles. The molecule has 2 atom stereocenters. The molecule has 3 N–H and O–H groups in total. The molecule has 0 radical (unpaired) electrons. The van der Waals surface area contributed by atoms with Crippen LogP contribution in [-0.4, -0.2) is 18.8 Å². The Kier molecular flexibility index (Phi) is 5.33. The summed E-state index contributed by atoms with van der Waals surface area (Å²) in [7, 11) is 1.58. The molecule has 5 heteroatoms. The number of ether oxygens (including phenoxy) is 1. The lowest BCUT2D eigenvalue weighted by molar-refractivity contribution is 0.142. The zero-order valence-corrected chi connectivity index (χ0v) is 13.2. The number of halogens is 2. The first-order chi connectivity index (χ1) is 10.1. The summed E-state index contributed by atoms with van der Waals surface area (Å²) in [5.74, 6) is -0.135. The zero-order valence-electron chi connectivity index (χ0n) is 11.6. The van der Waals surface area contributed by atoms with Crippen LogP contribution in [0.25, 0.3) is 0 Å². The smallest absolute Gasteiger partial charge is 0.130 e. The normalized spacial score (nSPS) is 13.8. The lowest BCUT2D eigenvalue weighted by atomic mass is 9.89. The summed E-state index contributed by atoms with van der Waals surface area (Å²) >= 11 is 3.28. The Hall–Kier alpha value is -1.43. The van der Waals surface area contributed by atoms with Crippen LogP contribution in [0, 0.1) is 5.82 Å². The Bertz CT molecular complexity index is 583. The van der Waals surface area contributed by atoms with Gasteiger partial charge in [0.05, 0.1) is 13.2 Å². The quantitative estimate of drug-likeness (QED) is 0.866. The van der Waals surface area contributed by atoms with Crippen molar-refractivity contribution in [3.63, 3.8) is 0 Å². The molecule has 0 spiro atoms. The molecule has 0 saturated heterocycles. The van der Waals surface area contributed by atoms with Crippen LogP contribution in [0.2, 0.25) is 0 Å². The summed E-state index contributed by atoms with van der Waals surface area (Å²) in [6.07, 6.45) is -1.03. The van der Waals surface area contributed by atoms with E-state index in [-0.39, 0.29) is 12.1 Å². The van der Waals surface area contributed by atoms with Crippen LogP contribution in [-0.2, 0) is 0 Å². The Morgan fingerprint density at radius 2 is 1.90 bits per heavy atom. The van der Waals surface area contributed by atoms with Crippen LogP contribution >= 0.6 is 15.9 Å². The fraction of sp³-hybridized carbons (Fsp3) is 0.250. The van der Waals surface area contributed by atoms with E-state index in [4.69, 9.17) is 10.5 Å². The monoisotopic (exact) mass is 353 g/mol. The minimum Gasteiger partial charge on any atom is -0.497 e. The van der Waals surface area contributed by atoms with Crippen molar-refractivity contribution in [3.05, 3.63) is 63.9 Å². The van der Waals surface area contributed by atoms with Gasteiger partial charge in [-0.1, -0.05) is 34.1 Å². The zero-order chi connectivity index (χ0) is 15.4. The third kappa shape index (κ3) is 3.43. The Morgan fingerprint density at radius 3 is 2.43 bits per heavy atom. The predicted octanol–water partition coefficient (Wildman–Crippen LogP) is 3.37. The molecule has 0 aliphatic rings. The number of aliphatic hydroxyl groups is 1. The van der Waals surface area contributed by atoms with Gasteiger partial charge >= 0.3 is 0 Å². The van der Waals surface area contributed by atoms with E-state index in [9.17, 15) is 9.50 Å². The second-order valence-electron chi connectivity index (χ2n) is 4.70. The van der Waals surface area contributed by atoms with E-state index in [1.165, 1.54) is 6.07 Å². The van der Waals surface area contributed by atoms with Crippen molar-refractivity contribution >= 4 is 15.9 Å². The van der Waals surface area contributed by atoms with Gasteiger partial charge in [0.25, 0.3) is 0 Å². The topological polar surface area (TPSA) is 55.5 Å². The summed E-state index contributed by atoms with van der Waals surface area (Å²) in [4.78, 5) is 0. The van der Waals surface area contributed by atoms with Crippen LogP contribution < -0.4 is 10.5 Å². The minimum atomic E-state index is -1.03. The standard InChI is InChI=1S/C16H17BrFNO2/c1-21-11-7-5-10(6-8-11)12(9-19)16(20)15-13(17)3-2-4-14(15)18/h2-8,12,16,20H,9,19H2,1H3. The highest BCUT2D eigenvalue weighted by Gasteiger charge is 2.26. The number of benzene rings is 2. The van der Waals surface area contributed by atoms with E-state index < -0.39 is 17.8 Å². The van der Waals surface area contributed by atoms with Gasteiger partial charge in [-0.05, 0) is 29.8 Å². The van der Waals surface area contributed by atoms with Crippen LogP contribution in [0.1, 0.15) is 23.1 Å². The van der Waals surface area contributed by atoms with E-state index in [2.05, 4.69) is 15.9 Å². The summed E-state index contributed by atoms with van der Waals surface area (Å²) < 4.78 is 19.6. The van der Waals surface area contributed by atoms with Crippen molar-refractivity contribution < 1.29 is 14.2 Å². The summed E-state index contributed by atoms with van der Waals surface area (Å²) in [5.41, 5.74) is 6.84. The number of methoxy groups -OCH3 is 1. The van der Waals surface area contributed by atoms with E-state index in [1.54, 1.807) is 31.4 Å². The lowest BCUT2D eigenvalue weighted by Crippen LogP contribution is -2.21. The maximum absolute atomic E-state index is 14.0. The van der Waals surface area contributed by atoms with Crippen molar-refractivity contribution in [1.29, 1.82) is 0 Å². The highest BCUT2D eigenvalue weighted by atomic mass is 79.9. The molecular formula is C16H17BrFNO2. The van der Waals surface area contributed by atoms with Gasteiger partial charge in [-0.3, -0.25) is 0 Å².